The summed E-state index contributed by atoms with van der Waals surface area (Å²) >= 11 is 3.14. The molecule has 2 aliphatic heterocycles. The molecular weight excluding hydrogens is 303 g/mol. The smallest absolute Gasteiger partial charge is 0.396 e. The Morgan fingerprint density at radius 2 is 2.24 bits per heavy atom. The molecule has 1 unspecified atom stereocenters. The van der Waals surface area contributed by atoms with E-state index in [4.69, 9.17) is 5.11 Å². The molecule has 94 valence electrons. The number of halogens is 4. The van der Waals surface area contributed by atoms with Crippen molar-refractivity contribution < 1.29 is 18.3 Å². The van der Waals surface area contributed by atoms with Gasteiger partial charge in [0.05, 0.1) is 11.0 Å². The van der Waals surface area contributed by atoms with Gasteiger partial charge in [-0.3, -0.25) is 0 Å². The number of guanidine groups is 1. The average molecular weight is 312 g/mol. The highest BCUT2D eigenvalue weighted by atomic mass is 79.9. The molecule has 0 saturated heterocycles. The van der Waals surface area contributed by atoms with Gasteiger partial charge in [-0.05, 0) is 15.9 Å². The molecule has 1 atom stereocenters. The lowest BCUT2D eigenvalue weighted by molar-refractivity contribution is -0.186. The van der Waals surface area contributed by atoms with Crippen molar-refractivity contribution in [2.24, 2.45) is 9.98 Å². The molecule has 0 saturated carbocycles. The number of aliphatic hydroxyl groups is 1. The lowest BCUT2D eigenvalue weighted by atomic mass is 9.96. The molecular formula is C9H9BrF3N3O. The number of allylic oxidation sites excluding steroid dienone is 1. The summed E-state index contributed by atoms with van der Waals surface area (Å²) in [7, 11) is 0. The van der Waals surface area contributed by atoms with E-state index in [0.29, 0.717) is 4.48 Å². The van der Waals surface area contributed by atoms with Crippen LogP contribution in [0.15, 0.2) is 20.7 Å². The van der Waals surface area contributed by atoms with Crippen LogP contribution >= 0.6 is 15.9 Å². The SMILES string of the molecule is OCCC1(C(F)(F)F)CN2C=C(Br)C=NC2=N1. The van der Waals surface area contributed by atoms with Crippen LogP contribution in [0.2, 0.25) is 0 Å². The molecule has 0 aromatic carbocycles. The van der Waals surface area contributed by atoms with Crippen molar-refractivity contribution in [1.82, 2.24) is 4.90 Å². The van der Waals surface area contributed by atoms with Crippen molar-refractivity contribution in [2.75, 3.05) is 13.2 Å². The first-order valence-corrected chi connectivity index (χ1v) is 5.63. The second-order valence-corrected chi connectivity index (χ2v) is 4.73. The van der Waals surface area contributed by atoms with Crippen molar-refractivity contribution in [3.63, 3.8) is 0 Å². The fraction of sp³-hybridized carbons (Fsp3) is 0.556. The average Bonchev–Trinajstić information content (AvgIpc) is 2.56. The summed E-state index contributed by atoms with van der Waals surface area (Å²) in [6.07, 6.45) is -2.08. The molecule has 0 aliphatic carbocycles. The van der Waals surface area contributed by atoms with Crippen LogP contribution < -0.4 is 0 Å². The van der Waals surface area contributed by atoms with E-state index < -0.39 is 24.7 Å². The molecule has 8 heteroatoms. The van der Waals surface area contributed by atoms with E-state index in [-0.39, 0.29) is 12.5 Å². The predicted molar refractivity (Wildman–Crippen MR) is 60.1 cm³/mol. The first-order chi connectivity index (χ1) is 7.88. The minimum atomic E-state index is -4.50. The monoisotopic (exact) mass is 311 g/mol. The first kappa shape index (κ1) is 12.6. The topological polar surface area (TPSA) is 48.2 Å². The molecule has 0 aromatic rings. The summed E-state index contributed by atoms with van der Waals surface area (Å²) in [4.78, 5) is 8.78. The van der Waals surface area contributed by atoms with Gasteiger partial charge in [-0.25, -0.2) is 9.98 Å². The molecule has 0 amide bonds. The van der Waals surface area contributed by atoms with Crippen LogP contribution in [0.5, 0.6) is 0 Å². The Kier molecular flexibility index (Phi) is 3.03. The Morgan fingerprint density at radius 3 is 2.82 bits per heavy atom. The maximum atomic E-state index is 13.0. The number of aliphatic imine (C=N–C) groups is 2. The van der Waals surface area contributed by atoms with Crippen LogP contribution in [0.25, 0.3) is 0 Å². The largest absolute Gasteiger partial charge is 0.415 e. The molecule has 4 nitrogen and oxygen atoms in total. The molecule has 0 bridgehead atoms. The number of fused-ring (bicyclic) bond motifs is 1. The number of hydrogen-bond acceptors (Lipinski definition) is 4. The van der Waals surface area contributed by atoms with Crippen molar-refractivity contribution in [3.05, 3.63) is 10.7 Å². The van der Waals surface area contributed by atoms with Gasteiger partial charge in [0.1, 0.15) is 0 Å². The zero-order valence-electron chi connectivity index (χ0n) is 8.58. The summed E-state index contributed by atoms with van der Waals surface area (Å²) in [5.41, 5.74) is -2.26. The minimum absolute atomic E-state index is 0.0268. The summed E-state index contributed by atoms with van der Waals surface area (Å²) in [6.45, 7) is -0.919. The zero-order valence-corrected chi connectivity index (χ0v) is 10.2. The maximum absolute atomic E-state index is 13.0. The third-order valence-corrected chi connectivity index (χ3v) is 3.05. The highest BCUT2D eigenvalue weighted by molar-refractivity contribution is 9.12. The van der Waals surface area contributed by atoms with Crippen LogP contribution in [0.3, 0.4) is 0 Å². The van der Waals surface area contributed by atoms with Gasteiger partial charge in [-0.2, -0.15) is 13.2 Å². The number of hydrogen-bond donors (Lipinski definition) is 1. The number of nitrogens with zero attached hydrogens (tertiary/aromatic N) is 3. The van der Waals surface area contributed by atoms with E-state index in [9.17, 15) is 13.2 Å². The van der Waals surface area contributed by atoms with Gasteiger partial charge in [-0.1, -0.05) is 0 Å². The van der Waals surface area contributed by atoms with E-state index >= 15 is 0 Å². The molecule has 2 rings (SSSR count). The Labute approximate surface area is 104 Å². The van der Waals surface area contributed by atoms with Crippen LogP contribution in [-0.4, -0.2) is 47.0 Å². The van der Waals surface area contributed by atoms with Gasteiger partial charge < -0.3 is 10.0 Å². The first-order valence-electron chi connectivity index (χ1n) is 4.83. The fourth-order valence-corrected chi connectivity index (χ4v) is 2.12. The highest BCUT2D eigenvalue weighted by Gasteiger charge is 2.58. The van der Waals surface area contributed by atoms with Crippen LogP contribution in [0.4, 0.5) is 13.2 Å². The molecule has 2 aliphatic rings. The number of rotatable bonds is 2. The second kappa shape index (κ2) is 4.09. The Bertz CT molecular complexity index is 418. The summed E-state index contributed by atoms with van der Waals surface area (Å²) < 4.78 is 39.6. The third-order valence-electron chi connectivity index (χ3n) is 2.64. The molecule has 17 heavy (non-hydrogen) atoms. The molecule has 2 heterocycles. The summed E-state index contributed by atoms with van der Waals surface area (Å²) in [6, 6.07) is 0. The maximum Gasteiger partial charge on any atom is 0.415 e. The summed E-state index contributed by atoms with van der Waals surface area (Å²) in [5.74, 6) is 0.0268. The second-order valence-electron chi connectivity index (χ2n) is 3.81. The van der Waals surface area contributed by atoms with Gasteiger partial charge in [0.25, 0.3) is 0 Å². The lowest BCUT2D eigenvalue weighted by Crippen LogP contribution is -2.47. The van der Waals surface area contributed by atoms with E-state index in [1.165, 1.54) is 17.3 Å². The van der Waals surface area contributed by atoms with E-state index in [1.54, 1.807) is 0 Å². The molecule has 0 fully saturated rings. The Balaban J connectivity index is 2.35. The molecule has 0 aromatic heterocycles. The quantitative estimate of drug-likeness (QED) is 0.843. The molecule has 0 radical (unpaired) electrons. The number of alkyl halides is 3. The normalized spacial score (nSPS) is 27.9. The fourth-order valence-electron chi connectivity index (χ4n) is 1.77. The van der Waals surface area contributed by atoms with Crippen molar-refractivity contribution in [3.8, 4) is 0 Å². The number of aliphatic hydroxyl groups excluding tert-OH is 1. The van der Waals surface area contributed by atoms with Crippen molar-refractivity contribution in [1.29, 1.82) is 0 Å². The van der Waals surface area contributed by atoms with E-state index in [1.807, 2.05) is 0 Å². The molecule has 1 N–H and O–H groups in total. The van der Waals surface area contributed by atoms with E-state index in [2.05, 4.69) is 25.9 Å². The standard InChI is InChI=1S/C9H9BrF3N3O/c10-6-3-14-7-15-8(1-2-17,9(11,12)13)5-16(7)4-6/h3-4,17H,1-2,5H2. The third kappa shape index (κ3) is 2.11. The van der Waals surface area contributed by atoms with Gasteiger partial charge in [0, 0.05) is 25.4 Å². The van der Waals surface area contributed by atoms with Gasteiger partial charge in [-0.15, -0.1) is 0 Å². The van der Waals surface area contributed by atoms with E-state index in [0.717, 1.165) is 0 Å². The van der Waals surface area contributed by atoms with Gasteiger partial charge in [0.2, 0.25) is 5.96 Å². The van der Waals surface area contributed by atoms with Crippen molar-refractivity contribution >= 4 is 28.1 Å². The zero-order chi connectivity index (χ0) is 12.7. The molecule has 0 spiro atoms. The lowest BCUT2D eigenvalue weighted by Gasteiger charge is -2.28. The van der Waals surface area contributed by atoms with Gasteiger partial charge in [0.15, 0.2) is 5.54 Å². The van der Waals surface area contributed by atoms with Crippen LogP contribution in [0.1, 0.15) is 6.42 Å². The summed E-state index contributed by atoms with van der Waals surface area (Å²) in [5, 5.41) is 8.79. The predicted octanol–water partition coefficient (Wildman–Crippen LogP) is 1.66. The Hall–Kier alpha value is -0.890. The van der Waals surface area contributed by atoms with Crippen LogP contribution in [0, 0.1) is 0 Å². The highest BCUT2D eigenvalue weighted by Crippen LogP contribution is 2.41. The van der Waals surface area contributed by atoms with Crippen molar-refractivity contribution in [2.45, 2.75) is 18.1 Å². The Morgan fingerprint density at radius 1 is 1.53 bits per heavy atom. The van der Waals surface area contributed by atoms with Crippen LogP contribution in [-0.2, 0) is 0 Å². The van der Waals surface area contributed by atoms with Gasteiger partial charge >= 0.3 is 6.18 Å². The minimum Gasteiger partial charge on any atom is -0.396 e.